The van der Waals surface area contributed by atoms with Crippen LogP contribution in [0.3, 0.4) is 0 Å². The minimum atomic E-state index is 1.08. The Kier molecular flexibility index (Phi) is 1.59. The maximum absolute atomic E-state index is 4.22. The summed E-state index contributed by atoms with van der Waals surface area (Å²) in [4.78, 5) is 6.52. The lowest BCUT2D eigenvalue weighted by atomic mass is 10.4. The van der Waals surface area contributed by atoms with Crippen molar-refractivity contribution >= 4 is 16.5 Å². The van der Waals surface area contributed by atoms with Crippen molar-refractivity contribution < 1.29 is 0 Å². The number of hydrogen-bond donors (Lipinski definition) is 0. The van der Waals surface area contributed by atoms with E-state index < -0.39 is 0 Å². The lowest BCUT2D eigenvalue weighted by Gasteiger charge is -2.11. The van der Waals surface area contributed by atoms with Gasteiger partial charge in [0, 0.05) is 24.7 Å². The molecule has 0 N–H and O–H groups in total. The van der Waals surface area contributed by atoms with Crippen LogP contribution < -0.4 is 4.90 Å². The van der Waals surface area contributed by atoms with Gasteiger partial charge in [-0.25, -0.2) is 4.98 Å². The monoisotopic (exact) mass is 153 g/mol. The van der Waals surface area contributed by atoms with Gasteiger partial charge in [0.25, 0.3) is 0 Å². The molecule has 1 aromatic rings. The van der Waals surface area contributed by atoms with E-state index in [9.17, 15) is 0 Å². The number of nitrogens with zero attached hydrogens (tertiary/aromatic N) is 2. The summed E-state index contributed by atoms with van der Waals surface area (Å²) in [5.41, 5.74) is 0. The third kappa shape index (κ3) is 1.01. The smallest absolute Gasteiger partial charge is 0.185 e. The van der Waals surface area contributed by atoms with Crippen LogP contribution in [0.2, 0.25) is 0 Å². The van der Waals surface area contributed by atoms with Gasteiger partial charge in [-0.05, 0) is 12.8 Å². The molecule has 3 heteroatoms. The Labute approximate surface area is 64.5 Å². The van der Waals surface area contributed by atoms with Crippen molar-refractivity contribution in [2.75, 3.05) is 18.0 Å². The second-order valence-electron chi connectivity index (χ2n) is 2.34. The van der Waals surface area contributed by atoms with E-state index in [4.69, 9.17) is 0 Å². The van der Waals surface area contributed by atoms with Gasteiger partial charge in [0.1, 0.15) is 0 Å². The van der Waals surface area contributed by atoms with Crippen molar-refractivity contribution in [2.24, 2.45) is 0 Å². The minimum absolute atomic E-state index is 1.08. The zero-order valence-corrected chi connectivity index (χ0v) is 6.47. The van der Waals surface area contributed by atoms with Gasteiger partial charge in [0.2, 0.25) is 0 Å². The molecule has 0 spiro atoms. The summed E-state index contributed by atoms with van der Waals surface area (Å²) in [5.74, 6) is 0. The molecule has 2 nitrogen and oxygen atoms in total. The van der Waals surface area contributed by atoms with E-state index in [1.54, 1.807) is 11.3 Å². The number of rotatable bonds is 1. The Hall–Kier alpha value is -0.570. The number of anilines is 1. The Morgan fingerprint density at radius 2 is 2.60 bits per heavy atom. The summed E-state index contributed by atoms with van der Waals surface area (Å²) in [6.45, 7) is 2.22. The number of thiazole rings is 1. The largest absolute Gasteiger partial charge is 0.348 e. The predicted molar refractivity (Wildman–Crippen MR) is 43.2 cm³/mol. The molecule has 0 aromatic carbocycles. The summed E-state index contributed by atoms with van der Waals surface area (Å²) < 4.78 is 0. The van der Waals surface area contributed by atoms with Gasteiger partial charge in [0.15, 0.2) is 5.13 Å². The molecule has 1 aliphatic heterocycles. The third-order valence-electron chi connectivity index (χ3n) is 1.64. The number of hydrogen-bond acceptors (Lipinski definition) is 3. The molecule has 1 radical (unpaired) electrons. The lowest BCUT2D eigenvalue weighted by Crippen LogP contribution is -2.16. The van der Waals surface area contributed by atoms with Crippen molar-refractivity contribution in [2.45, 2.75) is 6.42 Å². The summed E-state index contributed by atoms with van der Waals surface area (Å²) in [5, 5.41) is 3.18. The van der Waals surface area contributed by atoms with Crippen LogP contribution in [0.15, 0.2) is 11.6 Å². The van der Waals surface area contributed by atoms with Crippen molar-refractivity contribution in [3.63, 3.8) is 0 Å². The molecule has 1 fully saturated rings. The Morgan fingerprint density at radius 3 is 3.20 bits per heavy atom. The Bertz CT molecular complexity index is 189. The summed E-state index contributed by atoms with van der Waals surface area (Å²) in [7, 11) is 0. The van der Waals surface area contributed by atoms with Gasteiger partial charge < -0.3 is 4.90 Å². The van der Waals surface area contributed by atoms with E-state index in [-0.39, 0.29) is 0 Å². The Balaban J connectivity index is 2.12. The molecular weight excluding hydrogens is 144 g/mol. The van der Waals surface area contributed by atoms with Gasteiger partial charge in [-0.3, -0.25) is 0 Å². The maximum atomic E-state index is 4.22. The van der Waals surface area contributed by atoms with Crippen LogP contribution in [-0.4, -0.2) is 18.1 Å². The zero-order valence-electron chi connectivity index (χ0n) is 5.66. The van der Waals surface area contributed by atoms with Gasteiger partial charge in [-0.15, -0.1) is 11.3 Å². The molecular formula is C7H9N2S. The molecule has 1 aromatic heterocycles. The first-order chi connectivity index (χ1) is 4.97. The summed E-state index contributed by atoms with van der Waals surface area (Å²) in [6.07, 6.45) is 5.36. The van der Waals surface area contributed by atoms with E-state index in [2.05, 4.69) is 16.3 Å². The minimum Gasteiger partial charge on any atom is -0.348 e. The highest BCUT2D eigenvalue weighted by Crippen LogP contribution is 2.20. The fourth-order valence-electron chi connectivity index (χ4n) is 1.13. The molecule has 0 unspecified atom stereocenters. The standard InChI is InChI=1S/C7H9N2S/c1-2-5-9(4-1)7-8-3-6-10-7/h1,3,6H,2,4-5H2. The molecule has 1 saturated heterocycles. The topological polar surface area (TPSA) is 16.1 Å². The van der Waals surface area contributed by atoms with Crippen molar-refractivity contribution in [3.05, 3.63) is 18.0 Å². The molecule has 0 amide bonds. The molecule has 10 heavy (non-hydrogen) atoms. The fourth-order valence-corrected chi connectivity index (χ4v) is 1.81. The third-order valence-corrected chi connectivity index (χ3v) is 2.47. The predicted octanol–water partition coefficient (Wildman–Crippen LogP) is 1.56. The van der Waals surface area contributed by atoms with Crippen molar-refractivity contribution in [3.8, 4) is 0 Å². The highest BCUT2D eigenvalue weighted by Gasteiger charge is 2.13. The normalized spacial score (nSPS) is 18.2. The van der Waals surface area contributed by atoms with E-state index in [1.165, 1.54) is 6.42 Å². The zero-order chi connectivity index (χ0) is 6.81. The molecule has 53 valence electrons. The van der Waals surface area contributed by atoms with E-state index >= 15 is 0 Å². The van der Waals surface area contributed by atoms with Crippen LogP contribution in [0.4, 0.5) is 5.13 Å². The molecule has 0 aliphatic carbocycles. The summed E-state index contributed by atoms with van der Waals surface area (Å²) in [6, 6.07) is 0. The fraction of sp³-hybridized carbons (Fsp3) is 0.429. The van der Waals surface area contributed by atoms with Crippen LogP contribution in [-0.2, 0) is 0 Å². The molecule has 0 bridgehead atoms. The van der Waals surface area contributed by atoms with E-state index in [0.29, 0.717) is 0 Å². The van der Waals surface area contributed by atoms with Gasteiger partial charge in [-0.2, -0.15) is 0 Å². The van der Waals surface area contributed by atoms with Crippen LogP contribution in [0.5, 0.6) is 0 Å². The Morgan fingerprint density at radius 1 is 1.60 bits per heavy atom. The first kappa shape index (κ1) is 6.16. The molecule has 2 heterocycles. The second-order valence-corrected chi connectivity index (χ2v) is 3.21. The highest BCUT2D eigenvalue weighted by atomic mass is 32.1. The number of aromatic nitrogens is 1. The van der Waals surface area contributed by atoms with Gasteiger partial charge in [0.05, 0.1) is 0 Å². The van der Waals surface area contributed by atoms with E-state index in [0.717, 1.165) is 18.2 Å². The lowest BCUT2D eigenvalue weighted by molar-refractivity contribution is 0.958. The second kappa shape index (κ2) is 2.58. The first-order valence-corrected chi connectivity index (χ1v) is 4.31. The molecule has 0 atom stereocenters. The van der Waals surface area contributed by atoms with Crippen LogP contribution >= 0.6 is 11.3 Å². The average molecular weight is 153 g/mol. The molecule has 1 aliphatic rings. The van der Waals surface area contributed by atoms with Crippen molar-refractivity contribution in [1.82, 2.24) is 4.98 Å². The van der Waals surface area contributed by atoms with E-state index in [1.807, 2.05) is 11.6 Å². The average Bonchev–Trinajstić information content (AvgIpc) is 2.59. The van der Waals surface area contributed by atoms with Crippen molar-refractivity contribution in [1.29, 1.82) is 0 Å². The first-order valence-electron chi connectivity index (χ1n) is 3.43. The van der Waals surface area contributed by atoms with Crippen LogP contribution in [0.1, 0.15) is 6.42 Å². The van der Waals surface area contributed by atoms with Gasteiger partial charge >= 0.3 is 0 Å². The quantitative estimate of drug-likeness (QED) is 0.608. The van der Waals surface area contributed by atoms with Gasteiger partial charge in [-0.1, -0.05) is 0 Å². The molecule has 2 rings (SSSR count). The molecule has 0 saturated carbocycles. The summed E-state index contributed by atoms with van der Waals surface area (Å²) >= 11 is 1.72. The van der Waals surface area contributed by atoms with Crippen LogP contribution in [0.25, 0.3) is 0 Å². The SMILES string of the molecule is [CH]1CCN(c2nccs2)C1. The van der Waals surface area contributed by atoms with Crippen LogP contribution in [0, 0.1) is 6.42 Å². The highest BCUT2D eigenvalue weighted by molar-refractivity contribution is 7.13. The maximum Gasteiger partial charge on any atom is 0.185 e.